The monoisotopic (exact) mass is 278 g/mol. The van der Waals surface area contributed by atoms with Crippen LogP contribution in [0, 0.1) is 0 Å². The molecular formula is C14H22N4O2. The molecule has 0 spiro atoms. The van der Waals surface area contributed by atoms with Crippen LogP contribution in [-0.2, 0) is 4.74 Å². The van der Waals surface area contributed by atoms with Crippen molar-refractivity contribution >= 4 is 11.9 Å². The zero-order valence-corrected chi connectivity index (χ0v) is 12.0. The van der Waals surface area contributed by atoms with Gasteiger partial charge in [0, 0.05) is 45.7 Å². The normalized spacial score (nSPS) is 15.2. The smallest absolute Gasteiger partial charge is 0.256 e. The first-order valence-electron chi connectivity index (χ1n) is 7.15. The van der Waals surface area contributed by atoms with Crippen molar-refractivity contribution in [1.82, 2.24) is 14.9 Å². The Morgan fingerprint density at radius 3 is 2.65 bits per heavy atom. The van der Waals surface area contributed by atoms with E-state index in [0.717, 1.165) is 38.9 Å². The number of likely N-dealkylation sites (tertiary alicyclic amines) is 1. The van der Waals surface area contributed by atoms with Gasteiger partial charge in [0.1, 0.15) is 0 Å². The van der Waals surface area contributed by atoms with E-state index in [1.54, 1.807) is 19.5 Å². The SMILES string of the molecule is COCCCNc1ncc(C(=O)N2CCCCC2)cn1. The lowest BCUT2D eigenvalue weighted by atomic mass is 10.1. The third kappa shape index (κ3) is 4.16. The number of nitrogens with zero attached hydrogens (tertiary/aromatic N) is 3. The number of amides is 1. The maximum atomic E-state index is 12.2. The van der Waals surface area contributed by atoms with Crippen molar-refractivity contribution in [3.05, 3.63) is 18.0 Å². The summed E-state index contributed by atoms with van der Waals surface area (Å²) in [6.45, 7) is 3.15. The highest BCUT2D eigenvalue weighted by Gasteiger charge is 2.18. The summed E-state index contributed by atoms with van der Waals surface area (Å²) >= 11 is 0. The van der Waals surface area contributed by atoms with Crippen LogP contribution in [0.1, 0.15) is 36.0 Å². The number of aromatic nitrogens is 2. The summed E-state index contributed by atoms with van der Waals surface area (Å²) in [5.41, 5.74) is 0.564. The molecule has 0 saturated carbocycles. The molecule has 1 aliphatic rings. The molecule has 20 heavy (non-hydrogen) atoms. The van der Waals surface area contributed by atoms with Crippen LogP contribution in [0.3, 0.4) is 0 Å². The molecule has 6 heteroatoms. The van der Waals surface area contributed by atoms with Gasteiger partial charge in [-0.05, 0) is 25.7 Å². The van der Waals surface area contributed by atoms with E-state index >= 15 is 0 Å². The third-order valence-electron chi connectivity index (χ3n) is 3.35. The van der Waals surface area contributed by atoms with E-state index in [4.69, 9.17) is 4.74 Å². The second kappa shape index (κ2) is 7.79. The number of hydrogen-bond donors (Lipinski definition) is 1. The quantitative estimate of drug-likeness (QED) is 0.800. The zero-order valence-electron chi connectivity index (χ0n) is 12.0. The molecule has 1 aromatic rings. The molecule has 1 aromatic heterocycles. The second-order valence-electron chi connectivity index (χ2n) is 4.92. The molecule has 1 fully saturated rings. The maximum Gasteiger partial charge on any atom is 0.256 e. The molecule has 0 radical (unpaired) electrons. The van der Waals surface area contributed by atoms with E-state index in [1.165, 1.54) is 6.42 Å². The molecule has 0 unspecified atom stereocenters. The highest BCUT2D eigenvalue weighted by Crippen LogP contribution is 2.12. The fourth-order valence-corrected chi connectivity index (χ4v) is 2.23. The van der Waals surface area contributed by atoms with Gasteiger partial charge in [0.15, 0.2) is 0 Å². The van der Waals surface area contributed by atoms with E-state index < -0.39 is 0 Å². The molecule has 0 bridgehead atoms. The van der Waals surface area contributed by atoms with E-state index in [2.05, 4.69) is 15.3 Å². The first-order valence-corrected chi connectivity index (χ1v) is 7.15. The lowest BCUT2D eigenvalue weighted by molar-refractivity contribution is 0.0723. The summed E-state index contributed by atoms with van der Waals surface area (Å²) < 4.78 is 4.97. The number of carbonyl (C=O) groups is 1. The molecule has 1 saturated heterocycles. The highest BCUT2D eigenvalue weighted by molar-refractivity contribution is 5.93. The Kier molecular flexibility index (Phi) is 5.73. The number of hydrogen-bond acceptors (Lipinski definition) is 5. The number of methoxy groups -OCH3 is 1. The maximum absolute atomic E-state index is 12.2. The van der Waals surface area contributed by atoms with Gasteiger partial charge < -0.3 is 15.0 Å². The summed E-state index contributed by atoms with van der Waals surface area (Å²) in [4.78, 5) is 22.5. The van der Waals surface area contributed by atoms with Crippen molar-refractivity contribution in [2.45, 2.75) is 25.7 Å². The van der Waals surface area contributed by atoms with Gasteiger partial charge in [-0.1, -0.05) is 0 Å². The van der Waals surface area contributed by atoms with Gasteiger partial charge in [-0.15, -0.1) is 0 Å². The van der Waals surface area contributed by atoms with Crippen LogP contribution >= 0.6 is 0 Å². The van der Waals surface area contributed by atoms with Crippen LogP contribution in [0.4, 0.5) is 5.95 Å². The van der Waals surface area contributed by atoms with Crippen LogP contribution in [-0.4, -0.2) is 54.1 Å². The number of nitrogens with one attached hydrogen (secondary N) is 1. The number of rotatable bonds is 6. The summed E-state index contributed by atoms with van der Waals surface area (Å²) in [7, 11) is 1.68. The molecule has 1 N–H and O–H groups in total. The van der Waals surface area contributed by atoms with Gasteiger partial charge >= 0.3 is 0 Å². The van der Waals surface area contributed by atoms with E-state index in [0.29, 0.717) is 18.1 Å². The van der Waals surface area contributed by atoms with Crippen molar-refractivity contribution in [3.8, 4) is 0 Å². The average molecular weight is 278 g/mol. The van der Waals surface area contributed by atoms with Gasteiger partial charge in [-0.2, -0.15) is 0 Å². The van der Waals surface area contributed by atoms with Crippen molar-refractivity contribution in [3.63, 3.8) is 0 Å². The van der Waals surface area contributed by atoms with Gasteiger partial charge in [-0.3, -0.25) is 4.79 Å². The first kappa shape index (κ1) is 14.7. The summed E-state index contributed by atoms with van der Waals surface area (Å²) in [5.74, 6) is 0.590. The molecule has 0 aromatic carbocycles. The Hall–Kier alpha value is -1.69. The Morgan fingerprint density at radius 2 is 2.00 bits per heavy atom. The Balaban J connectivity index is 1.85. The standard InChI is InChI=1S/C14H22N4O2/c1-20-9-5-6-15-14-16-10-12(11-17-14)13(19)18-7-3-2-4-8-18/h10-11H,2-9H2,1H3,(H,15,16,17). The lowest BCUT2D eigenvalue weighted by Crippen LogP contribution is -2.35. The minimum absolute atomic E-state index is 0.0376. The largest absolute Gasteiger partial charge is 0.385 e. The number of ether oxygens (including phenoxy) is 1. The molecule has 1 amide bonds. The van der Waals surface area contributed by atoms with Gasteiger partial charge in [0.2, 0.25) is 5.95 Å². The molecule has 2 rings (SSSR count). The number of carbonyl (C=O) groups excluding carboxylic acids is 1. The van der Waals surface area contributed by atoms with Crippen LogP contribution in [0.15, 0.2) is 12.4 Å². The van der Waals surface area contributed by atoms with Gasteiger partial charge in [0.25, 0.3) is 5.91 Å². The fourth-order valence-electron chi connectivity index (χ4n) is 2.23. The molecule has 110 valence electrons. The lowest BCUT2D eigenvalue weighted by Gasteiger charge is -2.26. The summed E-state index contributed by atoms with van der Waals surface area (Å²) in [6.07, 6.45) is 7.49. The second-order valence-corrected chi connectivity index (χ2v) is 4.92. The molecule has 0 atom stereocenters. The van der Waals surface area contributed by atoms with E-state index in [-0.39, 0.29) is 5.91 Å². The number of piperidine rings is 1. The fraction of sp³-hybridized carbons (Fsp3) is 0.643. The van der Waals surface area contributed by atoms with Crippen LogP contribution in [0.2, 0.25) is 0 Å². The predicted molar refractivity (Wildman–Crippen MR) is 76.8 cm³/mol. The van der Waals surface area contributed by atoms with E-state index in [9.17, 15) is 4.79 Å². The third-order valence-corrected chi connectivity index (χ3v) is 3.35. The van der Waals surface area contributed by atoms with Crippen LogP contribution in [0.5, 0.6) is 0 Å². The molecular weight excluding hydrogens is 256 g/mol. The minimum Gasteiger partial charge on any atom is -0.385 e. The first-order chi connectivity index (χ1) is 9.81. The molecule has 6 nitrogen and oxygen atoms in total. The Morgan fingerprint density at radius 1 is 1.30 bits per heavy atom. The van der Waals surface area contributed by atoms with Crippen LogP contribution in [0.25, 0.3) is 0 Å². The van der Waals surface area contributed by atoms with Crippen molar-refractivity contribution in [2.24, 2.45) is 0 Å². The van der Waals surface area contributed by atoms with Crippen molar-refractivity contribution in [1.29, 1.82) is 0 Å². The topological polar surface area (TPSA) is 67.3 Å². The predicted octanol–water partition coefficient (Wildman–Crippen LogP) is 1.55. The summed E-state index contributed by atoms with van der Waals surface area (Å²) in [6, 6.07) is 0. The van der Waals surface area contributed by atoms with Crippen molar-refractivity contribution in [2.75, 3.05) is 38.7 Å². The minimum atomic E-state index is 0.0376. The summed E-state index contributed by atoms with van der Waals surface area (Å²) in [5, 5.41) is 3.10. The Bertz CT molecular complexity index is 416. The van der Waals surface area contributed by atoms with E-state index in [1.807, 2.05) is 4.90 Å². The molecule has 1 aliphatic heterocycles. The van der Waals surface area contributed by atoms with Crippen LogP contribution < -0.4 is 5.32 Å². The highest BCUT2D eigenvalue weighted by atomic mass is 16.5. The zero-order chi connectivity index (χ0) is 14.2. The average Bonchev–Trinajstić information content (AvgIpc) is 2.52. The molecule has 0 aliphatic carbocycles. The van der Waals surface area contributed by atoms with Gasteiger partial charge in [-0.25, -0.2) is 9.97 Å². The molecule has 2 heterocycles. The number of anilines is 1. The Labute approximate surface area is 119 Å². The van der Waals surface area contributed by atoms with Crippen molar-refractivity contribution < 1.29 is 9.53 Å². The van der Waals surface area contributed by atoms with Gasteiger partial charge in [0.05, 0.1) is 5.56 Å².